The third-order valence-corrected chi connectivity index (χ3v) is 3.62. The van der Waals surface area contributed by atoms with Crippen molar-refractivity contribution in [2.75, 3.05) is 23.8 Å². The summed E-state index contributed by atoms with van der Waals surface area (Å²) in [5.74, 6) is -0.133. The van der Waals surface area contributed by atoms with Crippen molar-refractivity contribution in [1.82, 2.24) is 0 Å². The summed E-state index contributed by atoms with van der Waals surface area (Å²) in [5.41, 5.74) is 9.27. The summed E-state index contributed by atoms with van der Waals surface area (Å²) in [6, 6.07) is 6.15. The van der Waals surface area contributed by atoms with Gasteiger partial charge in [0.15, 0.2) is 0 Å². The molecule has 2 N–H and O–H groups in total. The molecule has 1 aliphatic heterocycles. The molecule has 104 valence electrons. The van der Waals surface area contributed by atoms with Gasteiger partial charge in [-0.05, 0) is 44.4 Å². The first kappa shape index (κ1) is 13.7. The van der Waals surface area contributed by atoms with Gasteiger partial charge in [0.05, 0.1) is 13.0 Å². The van der Waals surface area contributed by atoms with Crippen molar-refractivity contribution in [2.24, 2.45) is 0 Å². The molecular weight excluding hydrogens is 240 g/mol. The van der Waals surface area contributed by atoms with Gasteiger partial charge in [-0.3, -0.25) is 4.79 Å². The van der Waals surface area contributed by atoms with Gasteiger partial charge in [-0.2, -0.15) is 0 Å². The average molecular weight is 262 g/mol. The number of benzene rings is 1. The summed E-state index contributed by atoms with van der Waals surface area (Å²) in [5, 5.41) is 0. The van der Waals surface area contributed by atoms with Crippen LogP contribution in [0, 0.1) is 0 Å². The van der Waals surface area contributed by atoms with E-state index in [-0.39, 0.29) is 12.0 Å². The van der Waals surface area contributed by atoms with Crippen LogP contribution in [0.25, 0.3) is 0 Å². The summed E-state index contributed by atoms with van der Waals surface area (Å²) in [4.78, 5) is 13.9. The predicted octanol–water partition coefficient (Wildman–Crippen LogP) is 2.36. The molecule has 0 saturated carbocycles. The number of esters is 1. The lowest BCUT2D eigenvalue weighted by molar-refractivity contribution is -0.143. The zero-order valence-electron chi connectivity index (χ0n) is 11.7. The fourth-order valence-electron chi connectivity index (χ4n) is 2.71. The highest BCUT2D eigenvalue weighted by molar-refractivity contribution is 5.72. The van der Waals surface area contributed by atoms with Gasteiger partial charge < -0.3 is 15.4 Å². The van der Waals surface area contributed by atoms with Gasteiger partial charge >= 0.3 is 5.97 Å². The number of carbonyl (C=O) groups excluding carboxylic acids is 1. The number of hydrogen-bond donors (Lipinski definition) is 1. The Hall–Kier alpha value is -1.71. The Labute approximate surface area is 114 Å². The second kappa shape index (κ2) is 5.95. The molecule has 1 atom stereocenters. The molecule has 0 radical (unpaired) electrons. The number of nitrogens with two attached hydrogens (primary N) is 1. The van der Waals surface area contributed by atoms with E-state index >= 15 is 0 Å². The van der Waals surface area contributed by atoms with Gasteiger partial charge in [0.2, 0.25) is 0 Å². The third-order valence-electron chi connectivity index (χ3n) is 3.62. The van der Waals surface area contributed by atoms with Crippen LogP contribution in [0.1, 0.15) is 32.3 Å². The van der Waals surface area contributed by atoms with Crippen LogP contribution in [0.2, 0.25) is 0 Å². The van der Waals surface area contributed by atoms with Crippen LogP contribution < -0.4 is 10.6 Å². The second-order valence-electron chi connectivity index (χ2n) is 5.00. The maximum atomic E-state index is 11.6. The Balaban J connectivity index is 2.14. The van der Waals surface area contributed by atoms with Crippen LogP contribution in [0.5, 0.6) is 0 Å². The van der Waals surface area contributed by atoms with Crippen molar-refractivity contribution in [2.45, 2.75) is 39.2 Å². The zero-order chi connectivity index (χ0) is 13.8. The number of fused-ring (bicyclic) bond motifs is 1. The van der Waals surface area contributed by atoms with E-state index in [4.69, 9.17) is 10.5 Å². The first-order valence-corrected chi connectivity index (χ1v) is 6.93. The van der Waals surface area contributed by atoms with E-state index in [0.717, 1.165) is 25.1 Å². The lowest BCUT2D eigenvalue weighted by atomic mass is 9.98. The number of carbonyl (C=O) groups is 1. The fourth-order valence-corrected chi connectivity index (χ4v) is 2.71. The van der Waals surface area contributed by atoms with Crippen molar-refractivity contribution in [3.05, 3.63) is 23.8 Å². The minimum atomic E-state index is -0.133. The summed E-state index contributed by atoms with van der Waals surface area (Å²) >= 11 is 0. The monoisotopic (exact) mass is 262 g/mol. The number of ether oxygens (including phenoxy) is 1. The number of anilines is 2. The minimum absolute atomic E-state index is 0.133. The van der Waals surface area contributed by atoms with Crippen molar-refractivity contribution >= 4 is 17.3 Å². The predicted molar refractivity (Wildman–Crippen MR) is 77.2 cm³/mol. The number of nitrogens with zero attached hydrogens (tertiary/aromatic N) is 1. The molecule has 1 aliphatic rings. The summed E-state index contributed by atoms with van der Waals surface area (Å²) in [6.07, 6.45) is 2.51. The molecule has 0 bridgehead atoms. The normalized spacial score (nSPS) is 15.8. The van der Waals surface area contributed by atoms with Crippen LogP contribution in [0.15, 0.2) is 18.2 Å². The van der Waals surface area contributed by atoms with E-state index in [2.05, 4.69) is 17.9 Å². The zero-order valence-corrected chi connectivity index (χ0v) is 11.7. The SMILES string of the molecule is CCOC(=O)CC(C)N1CCCc2c(N)cccc21. The maximum absolute atomic E-state index is 11.6. The smallest absolute Gasteiger partial charge is 0.307 e. The topological polar surface area (TPSA) is 55.6 Å². The van der Waals surface area contributed by atoms with E-state index in [0.29, 0.717) is 13.0 Å². The molecule has 1 aromatic rings. The summed E-state index contributed by atoms with van der Waals surface area (Å²) in [7, 11) is 0. The largest absolute Gasteiger partial charge is 0.466 e. The Bertz CT molecular complexity index is 459. The van der Waals surface area contributed by atoms with Crippen molar-refractivity contribution < 1.29 is 9.53 Å². The first-order chi connectivity index (χ1) is 9.13. The van der Waals surface area contributed by atoms with E-state index in [1.165, 1.54) is 11.3 Å². The summed E-state index contributed by atoms with van der Waals surface area (Å²) < 4.78 is 5.02. The van der Waals surface area contributed by atoms with Gasteiger partial charge in [0.1, 0.15) is 0 Å². The molecule has 4 nitrogen and oxygen atoms in total. The van der Waals surface area contributed by atoms with Crippen molar-refractivity contribution in [1.29, 1.82) is 0 Å². The quantitative estimate of drug-likeness (QED) is 0.668. The Kier molecular flexibility index (Phi) is 4.30. The van der Waals surface area contributed by atoms with Crippen LogP contribution in [-0.4, -0.2) is 25.2 Å². The fraction of sp³-hybridized carbons (Fsp3) is 0.533. The van der Waals surface area contributed by atoms with Crippen LogP contribution in [0.3, 0.4) is 0 Å². The van der Waals surface area contributed by atoms with E-state index in [1.807, 2.05) is 19.1 Å². The molecular formula is C15H22N2O2. The molecule has 1 unspecified atom stereocenters. The highest BCUT2D eigenvalue weighted by Gasteiger charge is 2.24. The second-order valence-corrected chi connectivity index (χ2v) is 5.00. The molecule has 19 heavy (non-hydrogen) atoms. The lowest BCUT2D eigenvalue weighted by Gasteiger charge is -2.36. The maximum Gasteiger partial charge on any atom is 0.307 e. The van der Waals surface area contributed by atoms with E-state index in [9.17, 15) is 4.79 Å². The van der Waals surface area contributed by atoms with Crippen molar-refractivity contribution in [3.8, 4) is 0 Å². The molecule has 0 fully saturated rings. The standard InChI is InChI=1S/C15H22N2O2/c1-3-19-15(18)10-11(2)17-9-5-6-12-13(16)7-4-8-14(12)17/h4,7-8,11H,3,5-6,9-10,16H2,1-2H3. The molecule has 0 amide bonds. The molecule has 0 aromatic heterocycles. The van der Waals surface area contributed by atoms with E-state index < -0.39 is 0 Å². The first-order valence-electron chi connectivity index (χ1n) is 6.93. The molecule has 1 heterocycles. The van der Waals surface area contributed by atoms with Crippen LogP contribution in [0.4, 0.5) is 11.4 Å². The molecule has 0 spiro atoms. The van der Waals surface area contributed by atoms with Gasteiger partial charge in [0, 0.05) is 24.0 Å². The van der Waals surface area contributed by atoms with Gasteiger partial charge in [-0.25, -0.2) is 0 Å². The Morgan fingerprint density at radius 2 is 2.32 bits per heavy atom. The molecule has 2 rings (SSSR count). The number of hydrogen-bond acceptors (Lipinski definition) is 4. The van der Waals surface area contributed by atoms with Gasteiger partial charge in [-0.15, -0.1) is 0 Å². The van der Waals surface area contributed by atoms with Crippen LogP contribution >= 0.6 is 0 Å². The summed E-state index contributed by atoms with van der Waals surface area (Å²) in [6.45, 7) is 5.31. The molecule has 0 saturated heterocycles. The average Bonchev–Trinajstić information content (AvgIpc) is 2.38. The van der Waals surface area contributed by atoms with Crippen molar-refractivity contribution in [3.63, 3.8) is 0 Å². The Morgan fingerprint density at radius 3 is 3.05 bits per heavy atom. The minimum Gasteiger partial charge on any atom is -0.466 e. The highest BCUT2D eigenvalue weighted by atomic mass is 16.5. The van der Waals surface area contributed by atoms with Gasteiger partial charge in [-0.1, -0.05) is 6.07 Å². The van der Waals surface area contributed by atoms with Gasteiger partial charge in [0.25, 0.3) is 0 Å². The van der Waals surface area contributed by atoms with E-state index in [1.54, 1.807) is 0 Å². The molecule has 0 aliphatic carbocycles. The highest BCUT2D eigenvalue weighted by Crippen LogP contribution is 2.33. The lowest BCUT2D eigenvalue weighted by Crippen LogP contribution is -2.39. The molecule has 4 heteroatoms. The Morgan fingerprint density at radius 1 is 1.53 bits per heavy atom. The third kappa shape index (κ3) is 3.00. The number of nitrogen functional groups attached to an aromatic ring is 1. The number of rotatable bonds is 4. The van der Waals surface area contributed by atoms with Crippen LogP contribution in [-0.2, 0) is 16.0 Å². The molecule has 1 aromatic carbocycles.